The highest BCUT2D eigenvalue weighted by Crippen LogP contribution is 2.28. The number of carbonyl (C=O) groups is 4. The van der Waals surface area contributed by atoms with Gasteiger partial charge in [-0.3, -0.25) is 19.2 Å². The third kappa shape index (κ3) is 8.57. The Labute approximate surface area is 237 Å². The molecule has 1 unspecified atom stereocenters. The van der Waals surface area contributed by atoms with Crippen LogP contribution in [0.1, 0.15) is 51.3 Å². The third-order valence-electron chi connectivity index (χ3n) is 6.62. The fourth-order valence-corrected chi connectivity index (χ4v) is 5.28. The fraction of sp³-hybridized carbons (Fsp3) is 0.536. The molecule has 1 aromatic heterocycles. The van der Waals surface area contributed by atoms with E-state index in [9.17, 15) is 24.3 Å². The van der Waals surface area contributed by atoms with Crippen molar-refractivity contribution in [3.8, 4) is 10.4 Å². The molecule has 0 saturated carbocycles. The van der Waals surface area contributed by atoms with Gasteiger partial charge in [0.1, 0.15) is 18.7 Å². The fourth-order valence-electron chi connectivity index (χ4n) is 4.47. The number of aryl methyl sites for hydroxylation is 1. The van der Waals surface area contributed by atoms with Crippen LogP contribution in [-0.4, -0.2) is 81.7 Å². The van der Waals surface area contributed by atoms with E-state index in [1.165, 1.54) is 4.90 Å². The molecule has 1 aromatic carbocycles. The highest BCUT2D eigenvalue weighted by atomic mass is 32.1. The SMILES string of the molecule is Cc1ncsc1-c1ccc(CNC(=O)[C@@H]2CC(O)CN2C(=O)[C@@H](NC(=O)COCCCC(=O)O)C(C)(C)C)cc1. The molecule has 11 nitrogen and oxygen atoms in total. The second-order valence-corrected chi connectivity index (χ2v) is 11.8. The van der Waals surface area contributed by atoms with E-state index in [1.54, 1.807) is 37.6 Å². The number of β-amino-alcohol motifs (C(OH)–C–C–N with tert-alkyl or cyclic N) is 1. The summed E-state index contributed by atoms with van der Waals surface area (Å²) in [5.41, 5.74) is 4.01. The lowest BCUT2D eigenvalue weighted by molar-refractivity contribution is -0.144. The molecule has 4 N–H and O–H groups in total. The van der Waals surface area contributed by atoms with Crippen LogP contribution in [0.3, 0.4) is 0 Å². The van der Waals surface area contributed by atoms with Gasteiger partial charge < -0.3 is 30.5 Å². The Balaban J connectivity index is 1.60. The maximum absolute atomic E-state index is 13.6. The molecular weight excluding hydrogens is 536 g/mol. The Kier molecular flexibility index (Phi) is 10.8. The summed E-state index contributed by atoms with van der Waals surface area (Å²) in [6.07, 6.45) is -0.569. The van der Waals surface area contributed by atoms with Gasteiger partial charge >= 0.3 is 5.97 Å². The number of benzene rings is 1. The van der Waals surface area contributed by atoms with Crippen molar-refractivity contribution in [2.75, 3.05) is 19.8 Å². The molecule has 3 rings (SSSR count). The number of carboxylic acids is 1. The highest BCUT2D eigenvalue weighted by Gasteiger charge is 2.44. The molecule has 1 aliphatic rings. The number of aliphatic hydroxyl groups is 1. The first kappa shape index (κ1) is 31.2. The molecule has 0 spiro atoms. The molecule has 0 aliphatic carbocycles. The molecule has 1 aliphatic heterocycles. The van der Waals surface area contributed by atoms with Gasteiger partial charge in [-0.05, 0) is 29.9 Å². The number of carboxylic acid groups (broad SMARTS) is 1. The lowest BCUT2D eigenvalue weighted by atomic mass is 9.85. The number of ether oxygens (including phenoxy) is 1. The van der Waals surface area contributed by atoms with Crippen molar-refractivity contribution in [1.82, 2.24) is 20.5 Å². The van der Waals surface area contributed by atoms with Crippen LogP contribution in [0.25, 0.3) is 10.4 Å². The van der Waals surface area contributed by atoms with E-state index in [4.69, 9.17) is 9.84 Å². The Morgan fingerprint density at radius 2 is 1.90 bits per heavy atom. The number of hydrogen-bond donors (Lipinski definition) is 4. The molecule has 2 heterocycles. The van der Waals surface area contributed by atoms with Crippen molar-refractivity contribution >= 4 is 35.0 Å². The monoisotopic (exact) mass is 574 g/mol. The normalized spacial score (nSPS) is 17.9. The molecule has 0 bridgehead atoms. The Bertz CT molecular complexity index is 1190. The van der Waals surface area contributed by atoms with E-state index in [1.807, 2.05) is 31.2 Å². The van der Waals surface area contributed by atoms with E-state index < -0.39 is 41.4 Å². The van der Waals surface area contributed by atoms with Crippen LogP contribution in [0.4, 0.5) is 0 Å². The van der Waals surface area contributed by atoms with Crippen molar-refractivity contribution in [1.29, 1.82) is 0 Å². The maximum atomic E-state index is 13.6. The predicted molar refractivity (Wildman–Crippen MR) is 149 cm³/mol. The second-order valence-electron chi connectivity index (χ2n) is 11.0. The number of hydrogen-bond acceptors (Lipinski definition) is 8. The first-order chi connectivity index (χ1) is 18.9. The van der Waals surface area contributed by atoms with E-state index in [0.29, 0.717) is 0 Å². The number of aliphatic hydroxyl groups excluding tert-OH is 1. The molecule has 3 atom stereocenters. The van der Waals surface area contributed by atoms with Gasteiger partial charge in [0.05, 0.1) is 22.2 Å². The molecule has 3 amide bonds. The standard InChI is InChI=1S/C28H38N4O7S/c1-17-24(40-16-30-17)19-9-7-18(8-10-19)13-29-26(37)21-12-20(33)14-32(21)27(38)25(28(2,3)4)31-22(34)15-39-11-5-6-23(35)36/h7-10,16,20-21,25,33H,5-6,11-15H2,1-4H3,(H,29,37)(H,31,34)(H,35,36)/t20?,21-,25+/m0/s1. The summed E-state index contributed by atoms with van der Waals surface area (Å²) in [5.74, 6) is -2.32. The van der Waals surface area contributed by atoms with Crippen molar-refractivity contribution in [3.63, 3.8) is 0 Å². The van der Waals surface area contributed by atoms with Gasteiger partial charge in [0.25, 0.3) is 0 Å². The summed E-state index contributed by atoms with van der Waals surface area (Å²) >= 11 is 1.57. The molecule has 2 aromatic rings. The van der Waals surface area contributed by atoms with Gasteiger partial charge in [-0.1, -0.05) is 45.0 Å². The average Bonchev–Trinajstić information content (AvgIpc) is 3.50. The quantitative estimate of drug-likeness (QED) is 0.281. The Morgan fingerprint density at radius 1 is 1.20 bits per heavy atom. The van der Waals surface area contributed by atoms with E-state index in [-0.39, 0.29) is 51.5 Å². The van der Waals surface area contributed by atoms with Gasteiger partial charge in [-0.25, -0.2) is 4.98 Å². The van der Waals surface area contributed by atoms with E-state index in [2.05, 4.69) is 15.6 Å². The molecule has 1 fully saturated rings. The highest BCUT2D eigenvalue weighted by molar-refractivity contribution is 7.13. The number of thiazole rings is 1. The van der Waals surface area contributed by atoms with Crippen LogP contribution < -0.4 is 10.6 Å². The van der Waals surface area contributed by atoms with Crippen LogP contribution in [0, 0.1) is 12.3 Å². The summed E-state index contributed by atoms with van der Waals surface area (Å²) in [6, 6.07) is 5.96. The number of rotatable bonds is 12. The van der Waals surface area contributed by atoms with Gasteiger partial charge in [0, 0.05) is 32.5 Å². The minimum absolute atomic E-state index is 0.0199. The number of aromatic nitrogens is 1. The zero-order chi connectivity index (χ0) is 29.4. The smallest absolute Gasteiger partial charge is 0.303 e. The van der Waals surface area contributed by atoms with Crippen molar-refractivity contribution < 1.29 is 34.1 Å². The number of likely N-dealkylation sites (tertiary alicyclic amines) is 1. The zero-order valence-electron chi connectivity index (χ0n) is 23.3. The summed E-state index contributed by atoms with van der Waals surface area (Å²) in [6.45, 7) is 7.35. The number of carbonyl (C=O) groups excluding carboxylic acids is 3. The summed E-state index contributed by atoms with van der Waals surface area (Å²) in [4.78, 5) is 56.6. The maximum Gasteiger partial charge on any atom is 0.303 e. The van der Waals surface area contributed by atoms with E-state index in [0.717, 1.165) is 21.7 Å². The number of amides is 3. The topological polar surface area (TPSA) is 158 Å². The molecule has 12 heteroatoms. The second kappa shape index (κ2) is 13.8. The summed E-state index contributed by atoms with van der Waals surface area (Å²) in [7, 11) is 0. The van der Waals surface area contributed by atoms with Crippen molar-refractivity contribution in [2.24, 2.45) is 5.41 Å². The lowest BCUT2D eigenvalue weighted by Gasteiger charge is -2.35. The minimum atomic E-state index is -0.967. The van der Waals surface area contributed by atoms with Crippen molar-refractivity contribution in [3.05, 3.63) is 41.0 Å². The van der Waals surface area contributed by atoms with Gasteiger partial charge in [-0.2, -0.15) is 0 Å². The average molecular weight is 575 g/mol. The zero-order valence-corrected chi connectivity index (χ0v) is 24.1. The van der Waals surface area contributed by atoms with Gasteiger partial charge in [0.15, 0.2) is 0 Å². The molecule has 40 heavy (non-hydrogen) atoms. The Hall–Kier alpha value is -3.35. The predicted octanol–water partition coefficient (Wildman–Crippen LogP) is 2.11. The minimum Gasteiger partial charge on any atom is -0.481 e. The lowest BCUT2D eigenvalue weighted by Crippen LogP contribution is -2.58. The van der Waals surface area contributed by atoms with Crippen LogP contribution >= 0.6 is 11.3 Å². The number of aliphatic carboxylic acids is 1. The molecule has 0 radical (unpaired) electrons. The Morgan fingerprint density at radius 3 is 2.50 bits per heavy atom. The van der Waals surface area contributed by atoms with Gasteiger partial charge in [-0.15, -0.1) is 11.3 Å². The molecule has 218 valence electrons. The summed E-state index contributed by atoms with van der Waals surface area (Å²) in [5, 5.41) is 24.6. The van der Waals surface area contributed by atoms with Crippen LogP contribution in [-0.2, 0) is 30.5 Å². The largest absolute Gasteiger partial charge is 0.481 e. The third-order valence-corrected chi connectivity index (χ3v) is 7.60. The van der Waals surface area contributed by atoms with Crippen molar-refractivity contribution in [2.45, 2.75) is 71.7 Å². The number of nitrogens with one attached hydrogen (secondary N) is 2. The van der Waals surface area contributed by atoms with Crippen LogP contribution in [0.2, 0.25) is 0 Å². The summed E-state index contributed by atoms with van der Waals surface area (Å²) < 4.78 is 5.24. The van der Waals surface area contributed by atoms with Crippen LogP contribution in [0.5, 0.6) is 0 Å². The molecule has 1 saturated heterocycles. The van der Waals surface area contributed by atoms with E-state index >= 15 is 0 Å². The first-order valence-corrected chi connectivity index (χ1v) is 14.1. The first-order valence-electron chi connectivity index (χ1n) is 13.2. The molecular formula is C28H38N4O7S. The van der Waals surface area contributed by atoms with Crippen LogP contribution in [0.15, 0.2) is 29.8 Å². The van der Waals surface area contributed by atoms with Gasteiger partial charge in [0.2, 0.25) is 17.7 Å². The number of nitrogens with zero attached hydrogens (tertiary/aromatic N) is 2.